The largest absolute Gasteiger partial charge is 0.493 e. The highest BCUT2D eigenvalue weighted by molar-refractivity contribution is 9.10. The molecule has 0 aliphatic carbocycles. The van der Waals surface area contributed by atoms with Crippen molar-refractivity contribution in [3.8, 4) is 5.75 Å². The van der Waals surface area contributed by atoms with Crippen molar-refractivity contribution >= 4 is 31.9 Å². The van der Waals surface area contributed by atoms with Gasteiger partial charge in [0, 0.05) is 21.8 Å². The van der Waals surface area contributed by atoms with Crippen LogP contribution in [0.25, 0.3) is 0 Å². The third-order valence-electron chi connectivity index (χ3n) is 3.75. The monoisotopic (exact) mass is 410 g/mol. The fraction of sp³-hybridized carbons (Fsp3) is 0.294. The zero-order valence-corrected chi connectivity index (χ0v) is 14.9. The molecule has 4 heteroatoms. The Kier molecular flexibility index (Phi) is 4.38. The van der Waals surface area contributed by atoms with E-state index in [9.17, 15) is 5.11 Å². The average Bonchev–Trinajstić information content (AvgIpc) is 2.89. The maximum Gasteiger partial charge on any atom is 0.125 e. The van der Waals surface area contributed by atoms with Gasteiger partial charge in [0.15, 0.2) is 0 Å². The van der Waals surface area contributed by atoms with Crippen molar-refractivity contribution < 1.29 is 9.84 Å². The molecule has 21 heavy (non-hydrogen) atoms. The van der Waals surface area contributed by atoms with Crippen molar-refractivity contribution in [3.05, 3.63) is 61.5 Å². The predicted octanol–water partition coefficient (Wildman–Crippen LogP) is 4.73. The molecule has 2 nitrogen and oxygen atoms in total. The molecule has 1 N–H and O–H groups in total. The Morgan fingerprint density at radius 3 is 2.86 bits per heavy atom. The summed E-state index contributed by atoms with van der Waals surface area (Å²) in [6.07, 6.45) is 0.928. The van der Waals surface area contributed by atoms with E-state index in [0.29, 0.717) is 6.42 Å². The zero-order valence-electron chi connectivity index (χ0n) is 11.7. The summed E-state index contributed by atoms with van der Waals surface area (Å²) in [6.45, 7) is 2.76. The van der Waals surface area contributed by atoms with Gasteiger partial charge in [-0.15, -0.1) is 0 Å². The summed E-state index contributed by atoms with van der Waals surface area (Å²) in [6, 6.07) is 10.2. The fourth-order valence-electron chi connectivity index (χ4n) is 2.73. The zero-order chi connectivity index (χ0) is 15.0. The molecule has 3 rings (SSSR count). The quantitative estimate of drug-likeness (QED) is 0.790. The third-order valence-corrected chi connectivity index (χ3v) is 4.93. The molecule has 1 aliphatic rings. The highest BCUT2D eigenvalue weighted by Crippen LogP contribution is 2.36. The maximum absolute atomic E-state index is 10.6. The number of aliphatic hydroxyl groups is 1. The lowest BCUT2D eigenvalue weighted by Crippen LogP contribution is -2.04. The van der Waals surface area contributed by atoms with Crippen LogP contribution in [0.2, 0.25) is 0 Å². The van der Waals surface area contributed by atoms with E-state index in [4.69, 9.17) is 4.74 Å². The van der Waals surface area contributed by atoms with Crippen LogP contribution in [0, 0.1) is 6.92 Å². The van der Waals surface area contributed by atoms with E-state index in [1.807, 2.05) is 31.2 Å². The average molecular weight is 412 g/mol. The second-order valence-electron chi connectivity index (χ2n) is 5.40. The molecule has 0 bridgehead atoms. The van der Waals surface area contributed by atoms with E-state index < -0.39 is 6.10 Å². The van der Waals surface area contributed by atoms with Crippen molar-refractivity contribution in [3.63, 3.8) is 0 Å². The molecule has 110 valence electrons. The van der Waals surface area contributed by atoms with Crippen LogP contribution >= 0.6 is 31.9 Å². The molecular formula is C17H16Br2O2. The van der Waals surface area contributed by atoms with Gasteiger partial charge < -0.3 is 9.84 Å². The first kappa shape index (κ1) is 15.1. The van der Waals surface area contributed by atoms with Gasteiger partial charge in [-0.25, -0.2) is 0 Å². The van der Waals surface area contributed by atoms with Gasteiger partial charge >= 0.3 is 0 Å². The van der Waals surface area contributed by atoms with Crippen LogP contribution in [-0.2, 0) is 12.8 Å². The Morgan fingerprint density at radius 2 is 2.05 bits per heavy atom. The van der Waals surface area contributed by atoms with Crippen LogP contribution in [0.4, 0.5) is 0 Å². The summed E-state index contributed by atoms with van der Waals surface area (Å²) in [7, 11) is 0. The van der Waals surface area contributed by atoms with E-state index in [2.05, 4.69) is 37.9 Å². The van der Waals surface area contributed by atoms with E-state index in [0.717, 1.165) is 44.4 Å². The molecule has 0 saturated heterocycles. The van der Waals surface area contributed by atoms with Gasteiger partial charge in [0.1, 0.15) is 5.75 Å². The van der Waals surface area contributed by atoms with Crippen molar-refractivity contribution in [1.82, 2.24) is 0 Å². The standard InChI is InChI=1S/C17H16Br2O2/c1-10-2-3-15(19)14(6-10)16(20)9-12-8-13(18)7-11-4-5-21-17(11)12/h2-3,6-8,16,20H,4-5,9H2,1H3. The second-order valence-corrected chi connectivity index (χ2v) is 7.17. The van der Waals surface area contributed by atoms with Crippen LogP contribution in [0.3, 0.4) is 0 Å². The van der Waals surface area contributed by atoms with Crippen LogP contribution in [0.15, 0.2) is 39.3 Å². The second kappa shape index (κ2) is 6.11. The first-order valence-electron chi connectivity index (χ1n) is 6.93. The topological polar surface area (TPSA) is 29.5 Å². The van der Waals surface area contributed by atoms with Crippen molar-refractivity contribution in [1.29, 1.82) is 0 Å². The normalized spacial score (nSPS) is 14.7. The van der Waals surface area contributed by atoms with E-state index in [1.54, 1.807) is 0 Å². The number of benzene rings is 2. The number of aryl methyl sites for hydroxylation is 1. The van der Waals surface area contributed by atoms with Crippen molar-refractivity contribution in [2.75, 3.05) is 6.61 Å². The van der Waals surface area contributed by atoms with Crippen molar-refractivity contribution in [2.24, 2.45) is 0 Å². The van der Waals surface area contributed by atoms with E-state index in [-0.39, 0.29) is 0 Å². The molecule has 1 atom stereocenters. The number of ether oxygens (including phenoxy) is 1. The molecule has 0 aromatic heterocycles. The molecule has 0 amide bonds. The Bertz CT molecular complexity index is 683. The summed E-state index contributed by atoms with van der Waals surface area (Å²) in [5.74, 6) is 0.945. The summed E-state index contributed by atoms with van der Waals surface area (Å²) in [4.78, 5) is 0. The van der Waals surface area contributed by atoms with E-state index >= 15 is 0 Å². The van der Waals surface area contributed by atoms with E-state index in [1.165, 1.54) is 5.56 Å². The number of halogens is 2. The minimum atomic E-state index is -0.554. The van der Waals surface area contributed by atoms with Gasteiger partial charge in [0.05, 0.1) is 12.7 Å². The molecule has 0 spiro atoms. The molecule has 1 heterocycles. The van der Waals surface area contributed by atoms with Crippen LogP contribution in [0.5, 0.6) is 5.75 Å². The number of hydrogen-bond donors (Lipinski definition) is 1. The van der Waals surface area contributed by atoms with Gasteiger partial charge in [0.2, 0.25) is 0 Å². The third kappa shape index (κ3) is 3.17. The highest BCUT2D eigenvalue weighted by atomic mass is 79.9. The highest BCUT2D eigenvalue weighted by Gasteiger charge is 2.21. The van der Waals surface area contributed by atoms with Crippen LogP contribution in [0.1, 0.15) is 28.4 Å². The van der Waals surface area contributed by atoms with Gasteiger partial charge in [0.25, 0.3) is 0 Å². The molecule has 0 fully saturated rings. The predicted molar refractivity (Wildman–Crippen MR) is 90.9 cm³/mol. The van der Waals surface area contributed by atoms with Crippen LogP contribution in [-0.4, -0.2) is 11.7 Å². The molecule has 2 aromatic rings. The maximum atomic E-state index is 10.6. The van der Waals surface area contributed by atoms with Gasteiger partial charge in [-0.3, -0.25) is 0 Å². The first-order chi connectivity index (χ1) is 10.0. The Balaban J connectivity index is 1.92. The number of rotatable bonds is 3. The SMILES string of the molecule is Cc1ccc(Br)c(C(O)Cc2cc(Br)cc3c2OCC3)c1. The molecule has 1 unspecified atom stereocenters. The van der Waals surface area contributed by atoms with Crippen molar-refractivity contribution in [2.45, 2.75) is 25.9 Å². The number of hydrogen-bond acceptors (Lipinski definition) is 2. The lowest BCUT2D eigenvalue weighted by atomic mass is 9.98. The molecule has 0 saturated carbocycles. The number of fused-ring (bicyclic) bond motifs is 1. The molecular weight excluding hydrogens is 396 g/mol. The minimum Gasteiger partial charge on any atom is -0.493 e. The van der Waals surface area contributed by atoms with Crippen LogP contribution < -0.4 is 4.74 Å². The lowest BCUT2D eigenvalue weighted by molar-refractivity contribution is 0.176. The minimum absolute atomic E-state index is 0.545. The molecule has 0 radical (unpaired) electrons. The summed E-state index contributed by atoms with van der Waals surface area (Å²) >= 11 is 7.06. The summed E-state index contributed by atoms with van der Waals surface area (Å²) < 4.78 is 7.71. The van der Waals surface area contributed by atoms with Gasteiger partial charge in [-0.2, -0.15) is 0 Å². The summed E-state index contributed by atoms with van der Waals surface area (Å²) in [5.41, 5.74) is 4.33. The smallest absolute Gasteiger partial charge is 0.125 e. The Hall–Kier alpha value is -0.840. The molecule has 1 aliphatic heterocycles. The van der Waals surface area contributed by atoms with Gasteiger partial charge in [-0.05, 0) is 41.8 Å². The Morgan fingerprint density at radius 1 is 1.24 bits per heavy atom. The Labute approximate surface area is 141 Å². The number of aliphatic hydroxyl groups excluding tert-OH is 1. The fourth-order valence-corrected chi connectivity index (χ4v) is 3.80. The lowest BCUT2D eigenvalue weighted by Gasteiger charge is -2.16. The first-order valence-corrected chi connectivity index (χ1v) is 8.51. The summed E-state index contributed by atoms with van der Waals surface area (Å²) in [5, 5.41) is 10.6. The molecule has 2 aromatic carbocycles. The van der Waals surface area contributed by atoms with Gasteiger partial charge in [-0.1, -0.05) is 49.6 Å².